The summed E-state index contributed by atoms with van der Waals surface area (Å²) in [5, 5.41) is 11.4. The van der Waals surface area contributed by atoms with Gasteiger partial charge in [-0.1, -0.05) is 18.2 Å². The fourth-order valence-corrected chi connectivity index (χ4v) is 3.17. The van der Waals surface area contributed by atoms with E-state index in [1.807, 2.05) is 41.8 Å². The highest BCUT2D eigenvalue weighted by Crippen LogP contribution is 2.33. The van der Waals surface area contributed by atoms with Crippen molar-refractivity contribution >= 4 is 45.3 Å². The summed E-state index contributed by atoms with van der Waals surface area (Å²) < 4.78 is 0. The number of carbonyl (C=O) groups is 2. The zero-order chi connectivity index (χ0) is 18.5. The molecule has 1 heterocycles. The summed E-state index contributed by atoms with van der Waals surface area (Å²) in [6.45, 7) is 2.88. The molecule has 0 radical (unpaired) electrons. The summed E-state index contributed by atoms with van der Waals surface area (Å²) in [6.07, 6.45) is 0. The van der Waals surface area contributed by atoms with Crippen LogP contribution in [0.15, 0.2) is 53.9 Å². The van der Waals surface area contributed by atoms with Gasteiger partial charge in [-0.2, -0.15) is 0 Å². The van der Waals surface area contributed by atoms with Gasteiger partial charge in [0.2, 0.25) is 11.8 Å². The van der Waals surface area contributed by atoms with Crippen molar-refractivity contribution in [1.29, 1.82) is 0 Å². The Hall–Kier alpha value is -3.19. The fourth-order valence-electron chi connectivity index (χ4n) is 2.44. The summed E-state index contributed by atoms with van der Waals surface area (Å²) in [4.78, 5) is 27.4. The van der Waals surface area contributed by atoms with Crippen molar-refractivity contribution in [2.24, 2.45) is 0 Å². The van der Waals surface area contributed by atoms with E-state index in [2.05, 4.69) is 20.9 Å². The van der Waals surface area contributed by atoms with Gasteiger partial charge in [0.05, 0.1) is 11.4 Å². The molecule has 2 aromatic carbocycles. The van der Waals surface area contributed by atoms with Gasteiger partial charge < -0.3 is 16.0 Å². The number of nitrogens with zero attached hydrogens (tertiary/aromatic N) is 1. The summed E-state index contributed by atoms with van der Waals surface area (Å²) in [6, 6.07) is 15.1. The predicted molar refractivity (Wildman–Crippen MR) is 106 cm³/mol. The lowest BCUT2D eigenvalue weighted by atomic mass is 10.1. The molecule has 132 valence electrons. The van der Waals surface area contributed by atoms with Crippen LogP contribution in [0.5, 0.6) is 0 Å². The van der Waals surface area contributed by atoms with Crippen molar-refractivity contribution in [2.75, 3.05) is 16.0 Å². The molecule has 0 saturated carbocycles. The third-order valence-electron chi connectivity index (χ3n) is 3.46. The van der Waals surface area contributed by atoms with Gasteiger partial charge >= 0.3 is 0 Å². The van der Waals surface area contributed by atoms with E-state index < -0.39 is 0 Å². The number of aromatic nitrogens is 1. The fraction of sp³-hybridized carbons (Fsp3) is 0.105. The summed E-state index contributed by atoms with van der Waals surface area (Å²) in [5.74, 6) is -0.362. The maximum atomic E-state index is 11.5. The van der Waals surface area contributed by atoms with Crippen molar-refractivity contribution in [1.82, 2.24) is 4.98 Å². The van der Waals surface area contributed by atoms with Crippen LogP contribution in [0.4, 0.5) is 22.2 Å². The normalized spacial score (nSPS) is 10.2. The molecule has 0 aliphatic rings. The number of anilines is 4. The molecule has 0 aliphatic carbocycles. The Balaban J connectivity index is 1.90. The van der Waals surface area contributed by atoms with Crippen LogP contribution < -0.4 is 16.0 Å². The molecule has 3 aromatic rings. The van der Waals surface area contributed by atoms with E-state index in [4.69, 9.17) is 0 Å². The standard InChI is InChI=1S/C19H18N4O2S/c1-12(24)20-15-8-9-16(17(10-15)21-13(2)25)18-11-26-19(23-18)22-14-6-4-3-5-7-14/h3-11H,1-2H3,(H,20,24)(H,21,25)(H,22,23). The molecular formula is C19H18N4O2S. The van der Waals surface area contributed by atoms with Crippen LogP contribution in [0.1, 0.15) is 13.8 Å². The molecule has 2 amide bonds. The Labute approximate surface area is 155 Å². The number of para-hydroxylation sites is 1. The van der Waals surface area contributed by atoms with E-state index in [-0.39, 0.29) is 11.8 Å². The lowest BCUT2D eigenvalue weighted by Crippen LogP contribution is -2.09. The Morgan fingerprint density at radius 2 is 1.65 bits per heavy atom. The minimum absolute atomic E-state index is 0.172. The smallest absolute Gasteiger partial charge is 0.221 e. The van der Waals surface area contributed by atoms with Crippen molar-refractivity contribution in [3.63, 3.8) is 0 Å². The SMILES string of the molecule is CC(=O)Nc1ccc(-c2csc(Nc3ccccc3)n2)c(NC(C)=O)c1. The van der Waals surface area contributed by atoms with Gasteiger partial charge in [0.15, 0.2) is 5.13 Å². The molecular weight excluding hydrogens is 348 g/mol. The monoisotopic (exact) mass is 366 g/mol. The van der Waals surface area contributed by atoms with E-state index in [0.29, 0.717) is 11.4 Å². The molecule has 0 bridgehead atoms. The van der Waals surface area contributed by atoms with Crippen LogP contribution >= 0.6 is 11.3 Å². The number of amides is 2. The van der Waals surface area contributed by atoms with Crippen molar-refractivity contribution in [3.05, 3.63) is 53.9 Å². The molecule has 3 N–H and O–H groups in total. The van der Waals surface area contributed by atoms with Crippen molar-refractivity contribution < 1.29 is 9.59 Å². The van der Waals surface area contributed by atoms with Crippen molar-refractivity contribution in [2.45, 2.75) is 13.8 Å². The molecule has 0 unspecified atom stereocenters. The van der Waals surface area contributed by atoms with Crippen LogP contribution in [0, 0.1) is 0 Å². The number of benzene rings is 2. The van der Waals surface area contributed by atoms with Crippen LogP contribution in [-0.4, -0.2) is 16.8 Å². The number of hydrogen-bond acceptors (Lipinski definition) is 5. The molecule has 3 rings (SSSR count). The first-order chi connectivity index (χ1) is 12.5. The van der Waals surface area contributed by atoms with E-state index in [1.54, 1.807) is 12.1 Å². The molecule has 0 saturated heterocycles. The number of carbonyl (C=O) groups excluding carboxylic acids is 2. The summed E-state index contributed by atoms with van der Waals surface area (Å²) in [5.41, 5.74) is 3.69. The first kappa shape index (κ1) is 17.6. The van der Waals surface area contributed by atoms with E-state index in [1.165, 1.54) is 25.2 Å². The first-order valence-electron chi connectivity index (χ1n) is 7.98. The molecule has 26 heavy (non-hydrogen) atoms. The van der Waals surface area contributed by atoms with Gasteiger partial charge in [-0.3, -0.25) is 9.59 Å². The van der Waals surface area contributed by atoms with Gasteiger partial charge in [-0.25, -0.2) is 4.98 Å². The quantitative estimate of drug-likeness (QED) is 0.622. The lowest BCUT2D eigenvalue weighted by molar-refractivity contribution is -0.115. The molecule has 1 aromatic heterocycles. The van der Waals surface area contributed by atoms with Gasteiger partial charge in [0, 0.05) is 36.2 Å². The van der Waals surface area contributed by atoms with Gasteiger partial charge in [0.25, 0.3) is 0 Å². The van der Waals surface area contributed by atoms with Crippen LogP contribution in [-0.2, 0) is 9.59 Å². The Bertz CT molecular complexity index is 938. The highest BCUT2D eigenvalue weighted by Gasteiger charge is 2.12. The van der Waals surface area contributed by atoms with Crippen LogP contribution in [0.25, 0.3) is 11.3 Å². The topological polar surface area (TPSA) is 83.1 Å². The molecule has 7 heteroatoms. The maximum absolute atomic E-state index is 11.5. The minimum Gasteiger partial charge on any atom is -0.332 e. The van der Waals surface area contributed by atoms with E-state index in [0.717, 1.165) is 22.1 Å². The predicted octanol–water partition coefficient (Wildman–Crippen LogP) is 4.47. The Kier molecular flexibility index (Phi) is 5.28. The largest absolute Gasteiger partial charge is 0.332 e. The van der Waals surface area contributed by atoms with Gasteiger partial charge in [-0.05, 0) is 30.3 Å². The van der Waals surface area contributed by atoms with Gasteiger partial charge in [-0.15, -0.1) is 11.3 Å². The minimum atomic E-state index is -0.191. The number of hydrogen-bond donors (Lipinski definition) is 3. The highest BCUT2D eigenvalue weighted by molar-refractivity contribution is 7.14. The first-order valence-corrected chi connectivity index (χ1v) is 8.86. The lowest BCUT2D eigenvalue weighted by Gasteiger charge is -2.11. The Morgan fingerprint density at radius 3 is 2.35 bits per heavy atom. The molecule has 0 aliphatic heterocycles. The third kappa shape index (κ3) is 4.46. The second-order valence-corrected chi connectivity index (χ2v) is 6.51. The van der Waals surface area contributed by atoms with Crippen LogP contribution in [0.2, 0.25) is 0 Å². The molecule has 0 fully saturated rings. The summed E-state index contributed by atoms with van der Waals surface area (Å²) >= 11 is 1.48. The highest BCUT2D eigenvalue weighted by atomic mass is 32.1. The molecule has 0 spiro atoms. The second kappa shape index (κ2) is 7.79. The van der Waals surface area contributed by atoms with Crippen LogP contribution in [0.3, 0.4) is 0 Å². The van der Waals surface area contributed by atoms with Crippen molar-refractivity contribution in [3.8, 4) is 11.3 Å². The number of rotatable bonds is 5. The zero-order valence-electron chi connectivity index (χ0n) is 14.4. The average Bonchev–Trinajstić information content (AvgIpc) is 3.03. The number of thiazole rings is 1. The Morgan fingerprint density at radius 1 is 0.923 bits per heavy atom. The molecule has 0 atom stereocenters. The van der Waals surface area contributed by atoms with Gasteiger partial charge in [0.1, 0.15) is 0 Å². The molecule has 6 nitrogen and oxygen atoms in total. The van der Waals surface area contributed by atoms with E-state index >= 15 is 0 Å². The third-order valence-corrected chi connectivity index (χ3v) is 4.21. The second-order valence-electron chi connectivity index (χ2n) is 5.65. The maximum Gasteiger partial charge on any atom is 0.221 e. The zero-order valence-corrected chi connectivity index (χ0v) is 15.2. The average molecular weight is 366 g/mol. The van der Waals surface area contributed by atoms with E-state index in [9.17, 15) is 9.59 Å². The summed E-state index contributed by atoms with van der Waals surface area (Å²) in [7, 11) is 0. The number of nitrogens with one attached hydrogen (secondary N) is 3.